The van der Waals surface area contributed by atoms with E-state index in [9.17, 15) is 45.0 Å². The molecule has 0 atom stereocenters. The van der Waals surface area contributed by atoms with E-state index in [0.29, 0.717) is 0 Å². The molecule has 0 aliphatic carbocycles. The second-order valence-electron chi connectivity index (χ2n) is 3.16. The number of rotatable bonds is 0. The summed E-state index contributed by atoms with van der Waals surface area (Å²) in [6.07, 6.45) is -4.69. The van der Waals surface area contributed by atoms with Crippen molar-refractivity contribution in [2.75, 3.05) is 25.0 Å². The van der Waals surface area contributed by atoms with Crippen LogP contribution in [-0.2, 0) is 36.7 Å². The highest BCUT2D eigenvalue weighted by Crippen LogP contribution is 2.21. The summed E-state index contributed by atoms with van der Waals surface area (Å²) >= 11 is -1.22. The molecule has 0 aliphatic heterocycles. The van der Waals surface area contributed by atoms with Gasteiger partial charge in [-0.2, -0.15) is 26.3 Å². The lowest BCUT2D eigenvalue weighted by Crippen LogP contribution is -2.34. The highest BCUT2D eigenvalue weighted by molar-refractivity contribution is 7.90. The van der Waals surface area contributed by atoms with Crippen LogP contribution in [0.1, 0.15) is 0 Å². The first-order valence-corrected chi connectivity index (χ1v) is 8.35. The quantitative estimate of drug-likeness (QED) is 0.278. The van der Waals surface area contributed by atoms with E-state index in [1.807, 2.05) is 0 Å². The predicted octanol–water partition coefficient (Wildman–Crippen LogP) is 1.17. The molecule has 0 rings (SSSR count). The van der Waals surface area contributed by atoms with Crippen LogP contribution in [0.15, 0.2) is 0 Å². The van der Waals surface area contributed by atoms with Crippen LogP contribution in [-0.4, -0.2) is 58.4 Å². The van der Waals surface area contributed by atoms with Crippen LogP contribution in [0, 0.1) is 0 Å². The number of esters is 2. The van der Waals surface area contributed by atoms with Gasteiger partial charge in [-0.05, 0) is 0 Å². The first-order valence-electron chi connectivity index (χ1n) is 4.42. The predicted molar refractivity (Wildman–Crippen MR) is 63.2 cm³/mol. The minimum absolute atomic E-state index is 0.611. The lowest BCUT2D eigenvalue weighted by atomic mass is 10.6. The average Bonchev–Trinajstić information content (AvgIpc) is 2.11. The number of hydrogen-bond donors (Lipinski definition) is 0. The topological polar surface area (TPSA) is 89.5 Å². The summed E-state index contributed by atoms with van der Waals surface area (Å²) in [4.78, 5) is 19.3. The number of carbonyl (C=O) groups excluding carboxylic acids is 2. The first-order chi connectivity index (χ1) is 9.01. The van der Waals surface area contributed by atoms with Crippen molar-refractivity contribution in [1.29, 1.82) is 0 Å². The normalized spacial score (nSPS) is 11.1. The van der Waals surface area contributed by atoms with Crippen LogP contribution in [0.2, 0.25) is 0 Å². The van der Waals surface area contributed by atoms with Gasteiger partial charge in [-0.3, -0.25) is 0 Å². The van der Waals surface area contributed by atoms with E-state index in [1.165, 1.54) is 0 Å². The van der Waals surface area contributed by atoms with Crippen LogP contribution in [0.25, 0.3) is 0 Å². The fourth-order valence-electron chi connectivity index (χ4n) is 0.200. The molecule has 0 heterocycles. The molecule has 0 unspecified atom stereocenters. The summed E-state index contributed by atoms with van der Waals surface area (Å²) in [5, 5.41) is 0. The summed E-state index contributed by atoms with van der Waals surface area (Å²) in [5.41, 5.74) is 0. The molecule has 0 bridgehead atoms. The number of ether oxygens (including phenoxy) is 1. The average molecular weight is 366 g/mol. The van der Waals surface area contributed by atoms with Crippen LogP contribution < -0.4 is 0 Å². The molecule has 0 N–H and O–H groups in total. The zero-order valence-corrected chi connectivity index (χ0v) is 12.8. The summed E-state index contributed by atoms with van der Waals surface area (Å²) in [7, 11) is 0. The van der Waals surface area contributed by atoms with Crippen molar-refractivity contribution in [2.24, 2.45) is 0 Å². The van der Waals surface area contributed by atoms with E-state index in [0.717, 1.165) is 0 Å². The smallest absolute Gasteiger partial charge is 0.491 e. The monoisotopic (exact) mass is 366 g/mol. The molecule has 13 heteroatoms. The maximum absolute atomic E-state index is 11.2. The number of alkyl halides is 6. The first kappa shape index (κ1) is 25.3. The van der Waals surface area contributed by atoms with E-state index in [1.54, 1.807) is 25.0 Å². The number of hydrogen-bond acceptors (Lipinski definition) is 5. The summed E-state index contributed by atoms with van der Waals surface area (Å²) in [6.45, 7) is 0. The third kappa shape index (κ3) is 24.7. The van der Waals surface area contributed by atoms with E-state index in [4.69, 9.17) is 0 Å². The lowest BCUT2D eigenvalue weighted by molar-refractivity contribution is -0.221. The van der Waals surface area contributed by atoms with Crippen LogP contribution in [0.5, 0.6) is 0 Å². The maximum atomic E-state index is 11.2. The van der Waals surface area contributed by atoms with Gasteiger partial charge in [-0.1, -0.05) is 22.4 Å². The van der Waals surface area contributed by atoms with Gasteiger partial charge in [0.1, 0.15) is 0 Å². The van der Waals surface area contributed by atoms with E-state index in [-0.39, 0.29) is 0 Å². The number of halogens is 6. The molecule has 21 heavy (non-hydrogen) atoms. The molecule has 0 aromatic carbocycles. The largest absolute Gasteiger partial charge is 0.617 e. The minimum atomic E-state index is -5.62. The molecule has 5 nitrogen and oxygen atoms in total. The van der Waals surface area contributed by atoms with Gasteiger partial charge in [0.2, 0.25) is 0 Å². The van der Waals surface area contributed by atoms with E-state index >= 15 is 0 Å². The van der Waals surface area contributed by atoms with Crippen molar-refractivity contribution in [3.63, 3.8) is 0 Å². The fraction of sp³-hybridized carbons (Fsp3) is 0.750. The summed E-state index contributed by atoms with van der Waals surface area (Å²) in [5.74, 6) is -6.40. The Hall–Kier alpha value is -0.660. The molecule has 0 fully saturated rings. The van der Waals surface area contributed by atoms with Crippen molar-refractivity contribution in [3.05, 3.63) is 0 Å². The Balaban J connectivity index is -0.000000334. The maximum Gasteiger partial charge on any atom is 0.491 e. The molecule has 0 saturated heterocycles. The zero-order valence-electron chi connectivity index (χ0n) is 11.1. The van der Waals surface area contributed by atoms with Crippen molar-refractivity contribution in [2.45, 2.75) is 12.4 Å². The Labute approximate surface area is 122 Å². The van der Waals surface area contributed by atoms with Crippen LogP contribution in [0.4, 0.5) is 26.3 Å². The highest BCUT2D eigenvalue weighted by Gasteiger charge is 2.49. The molecule has 0 spiro atoms. The third-order valence-electron chi connectivity index (χ3n) is 0.648. The zero-order chi connectivity index (χ0) is 18.0. The van der Waals surface area contributed by atoms with Crippen molar-refractivity contribution >= 4 is 34.3 Å². The molecule has 0 saturated carbocycles. The van der Waals surface area contributed by atoms with Crippen molar-refractivity contribution in [3.8, 4) is 0 Å². The molecule has 0 aromatic rings. The third-order valence-corrected chi connectivity index (χ3v) is 0.648. The number of carbonyl (C=O) groups is 2. The van der Waals surface area contributed by atoms with Crippen molar-refractivity contribution < 1.29 is 49.8 Å². The van der Waals surface area contributed by atoms with Gasteiger partial charge in [-0.25, -0.2) is 9.59 Å². The Morgan fingerprint density at radius 3 is 1.00 bits per heavy atom. The molecule has 128 valence electrons. The second-order valence-corrected chi connectivity index (χ2v) is 6.12. The van der Waals surface area contributed by atoms with Gasteiger partial charge in [0.15, 0.2) is 0 Å². The SMILES string of the molecule is C[S+](C)[O-].C[S+](C)[O-].O=C(OC(=O)C(F)(F)F)C(F)(F)F. The lowest BCUT2D eigenvalue weighted by Gasteiger charge is -2.06. The Kier molecular flexibility index (Phi) is 13.2. The van der Waals surface area contributed by atoms with Crippen LogP contribution >= 0.6 is 0 Å². The summed E-state index contributed by atoms with van der Waals surface area (Å²) < 4.78 is 88.8. The van der Waals surface area contributed by atoms with Gasteiger partial charge in [0.05, 0.1) is 25.0 Å². The Morgan fingerprint density at radius 1 is 0.762 bits per heavy atom. The molecular formula is C8H12F6O5S2. The minimum Gasteiger partial charge on any atom is -0.617 e. The molecule has 0 amide bonds. The van der Waals surface area contributed by atoms with Gasteiger partial charge < -0.3 is 13.8 Å². The molecule has 0 radical (unpaired) electrons. The molecular weight excluding hydrogens is 354 g/mol. The molecule has 0 aromatic heterocycles. The van der Waals surface area contributed by atoms with Crippen LogP contribution in [0.3, 0.4) is 0 Å². The fourth-order valence-corrected chi connectivity index (χ4v) is 0.200. The van der Waals surface area contributed by atoms with Gasteiger partial charge >= 0.3 is 24.3 Å². The van der Waals surface area contributed by atoms with E-state index in [2.05, 4.69) is 4.74 Å². The van der Waals surface area contributed by atoms with Gasteiger partial charge in [0, 0.05) is 0 Å². The molecule has 0 aliphatic rings. The standard InChI is InChI=1S/C4F6O3.2C2H6OS/c5-3(6,7)1(11)13-2(12)4(8,9)10;2*1-4(2)3/h;2*1-2H3. The Morgan fingerprint density at radius 2 is 0.905 bits per heavy atom. The second kappa shape index (κ2) is 11.0. The highest BCUT2D eigenvalue weighted by atomic mass is 32.2. The Bertz CT molecular complexity index is 280. The van der Waals surface area contributed by atoms with Crippen molar-refractivity contribution in [1.82, 2.24) is 0 Å². The summed E-state index contributed by atoms with van der Waals surface area (Å²) in [6, 6.07) is 0. The van der Waals surface area contributed by atoms with Gasteiger partial charge in [-0.15, -0.1) is 0 Å². The van der Waals surface area contributed by atoms with E-state index < -0.39 is 46.6 Å². The van der Waals surface area contributed by atoms with Gasteiger partial charge in [0.25, 0.3) is 0 Å².